The number of benzene rings is 1. The van der Waals surface area contributed by atoms with Crippen molar-refractivity contribution in [2.24, 2.45) is 0 Å². The molecule has 33 heavy (non-hydrogen) atoms. The first-order chi connectivity index (χ1) is 15.8. The molecular formula is C23H26N6O3S. The lowest BCUT2D eigenvalue weighted by Crippen LogP contribution is -2.27. The fourth-order valence-electron chi connectivity index (χ4n) is 3.70. The van der Waals surface area contributed by atoms with Crippen LogP contribution in [0.4, 0.5) is 23.1 Å². The summed E-state index contributed by atoms with van der Waals surface area (Å²) in [5.41, 5.74) is 3.37. The second-order valence-corrected chi connectivity index (χ2v) is 9.92. The van der Waals surface area contributed by atoms with Crippen molar-refractivity contribution in [2.45, 2.75) is 25.7 Å². The van der Waals surface area contributed by atoms with Crippen molar-refractivity contribution >= 4 is 39.1 Å². The molecule has 0 atom stereocenters. The highest BCUT2D eigenvalue weighted by molar-refractivity contribution is 7.92. The Labute approximate surface area is 193 Å². The molecule has 0 unspecified atom stereocenters. The first-order valence-electron chi connectivity index (χ1n) is 10.7. The highest BCUT2D eigenvalue weighted by atomic mass is 32.2. The van der Waals surface area contributed by atoms with Gasteiger partial charge in [-0.15, -0.1) is 0 Å². The maximum atomic E-state index is 11.9. The van der Waals surface area contributed by atoms with Crippen LogP contribution in [-0.2, 0) is 27.7 Å². The summed E-state index contributed by atoms with van der Waals surface area (Å²) in [6, 6.07) is 13.1. The number of carbonyl (C=O) groups is 1. The Morgan fingerprint density at radius 1 is 1.06 bits per heavy atom. The Hall–Kier alpha value is -3.53. The molecule has 1 fully saturated rings. The maximum absolute atomic E-state index is 11.9. The molecule has 0 radical (unpaired) electrons. The fourth-order valence-corrected chi connectivity index (χ4v) is 4.18. The number of carbonyl (C=O) groups excluding carboxylic acids is 1. The predicted octanol–water partition coefficient (Wildman–Crippen LogP) is 2.92. The maximum Gasteiger partial charge on any atom is 0.233 e. The molecule has 0 saturated carbocycles. The molecule has 172 valence electrons. The Kier molecular flexibility index (Phi) is 6.55. The molecule has 1 aliphatic rings. The van der Waals surface area contributed by atoms with E-state index >= 15 is 0 Å². The van der Waals surface area contributed by atoms with Crippen molar-refractivity contribution in [2.75, 3.05) is 34.4 Å². The summed E-state index contributed by atoms with van der Waals surface area (Å²) in [5.74, 6) is 1.05. The third-order valence-electron chi connectivity index (χ3n) is 5.54. The molecule has 3 heterocycles. The first-order valence-corrected chi connectivity index (χ1v) is 12.5. The lowest BCUT2D eigenvalue weighted by molar-refractivity contribution is -0.117. The van der Waals surface area contributed by atoms with Gasteiger partial charge < -0.3 is 10.2 Å². The van der Waals surface area contributed by atoms with E-state index in [0.717, 1.165) is 41.9 Å². The fraction of sp³-hybridized carbons (Fsp3) is 0.304. The number of aryl methyl sites for hydroxylation is 2. The number of rotatable bonds is 8. The summed E-state index contributed by atoms with van der Waals surface area (Å²) in [7, 11) is -1.90. The third kappa shape index (κ3) is 5.46. The number of anilines is 4. The van der Waals surface area contributed by atoms with Crippen molar-refractivity contribution in [3.63, 3.8) is 0 Å². The summed E-state index contributed by atoms with van der Waals surface area (Å²) in [6.45, 7) is 0.759. The average molecular weight is 467 g/mol. The molecule has 1 aliphatic heterocycles. The van der Waals surface area contributed by atoms with Gasteiger partial charge >= 0.3 is 0 Å². The highest BCUT2D eigenvalue weighted by Gasteiger charge is 2.21. The number of hydrogen-bond donors (Lipinski definition) is 1. The minimum Gasteiger partial charge on any atom is -0.324 e. The van der Waals surface area contributed by atoms with E-state index in [0.29, 0.717) is 31.0 Å². The Balaban J connectivity index is 1.43. The largest absolute Gasteiger partial charge is 0.324 e. The summed E-state index contributed by atoms with van der Waals surface area (Å²) < 4.78 is 25.0. The van der Waals surface area contributed by atoms with E-state index in [-0.39, 0.29) is 5.91 Å². The van der Waals surface area contributed by atoms with E-state index in [9.17, 15) is 13.2 Å². The average Bonchev–Trinajstić information content (AvgIpc) is 3.23. The zero-order valence-electron chi connectivity index (χ0n) is 18.6. The van der Waals surface area contributed by atoms with Crippen molar-refractivity contribution < 1.29 is 13.2 Å². The van der Waals surface area contributed by atoms with Crippen LogP contribution in [0.3, 0.4) is 0 Å². The van der Waals surface area contributed by atoms with Gasteiger partial charge in [0.1, 0.15) is 5.82 Å². The van der Waals surface area contributed by atoms with E-state index in [1.165, 1.54) is 11.4 Å². The van der Waals surface area contributed by atoms with Crippen LogP contribution in [0.2, 0.25) is 0 Å². The van der Waals surface area contributed by atoms with Gasteiger partial charge in [-0.3, -0.25) is 9.10 Å². The van der Waals surface area contributed by atoms with Crippen LogP contribution in [0.25, 0.3) is 0 Å². The van der Waals surface area contributed by atoms with Gasteiger partial charge in [0, 0.05) is 49.5 Å². The molecule has 0 spiro atoms. The predicted molar refractivity (Wildman–Crippen MR) is 128 cm³/mol. The molecule has 2 aromatic heterocycles. The molecule has 3 aromatic rings. The summed E-state index contributed by atoms with van der Waals surface area (Å²) in [5, 5.41) is 3.20. The molecule has 9 nitrogen and oxygen atoms in total. The standard InChI is InChI=1S/C23H26N6O3S/c1-28(33(2,31)32)22-17(5-3-14-24-22)7-8-19-13-15-25-23(27-19)26-18-9-11-20(12-10-18)29-16-4-6-21(29)30/h3,5,9-15H,4,6-8,16H2,1-2H3,(H,25,26,27). The van der Waals surface area contributed by atoms with Gasteiger partial charge in [-0.2, -0.15) is 0 Å². The molecule has 1 N–H and O–H groups in total. The Morgan fingerprint density at radius 3 is 2.55 bits per heavy atom. The van der Waals surface area contributed by atoms with Gasteiger partial charge in [-0.1, -0.05) is 6.07 Å². The smallest absolute Gasteiger partial charge is 0.233 e. The minimum absolute atomic E-state index is 0.159. The second kappa shape index (κ2) is 9.53. The molecule has 1 saturated heterocycles. The SMILES string of the molecule is CN(c1ncccc1CCc1ccnc(Nc2ccc(N3CCCC3=O)cc2)n1)S(C)(=O)=O. The number of aromatic nitrogens is 3. The van der Waals surface area contributed by atoms with Crippen LogP contribution in [0, 0.1) is 0 Å². The van der Waals surface area contributed by atoms with Gasteiger partial charge in [-0.25, -0.2) is 23.4 Å². The number of amides is 1. The normalized spacial score (nSPS) is 13.9. The molecule has 4 rings (SSSR count). The minimum atomic E-state index is -3.40. The van der Waals surface area contributed by atoms with Gasteiger partial charge in [0.25, 0.3) is 0 Å². The molecule has 0 aliphatic carbocycles. The van der Waals surface area contributed by atoms with Crippen molar-refractivity contribution in [3.05, 3.63) is 66.1 Å². The molecule has 0 bridgehead atoms. The summed E-state index contributed by atoms with van der Waals surface area (Å²) in [4.78, 5) is 26.8. The number of pyridine rings is 1. The van der Waals surface area contributed by atoms with Crippen molar-refractivity contribution in [1.29, 1.82) is 0 Å². The number of nitrogens with zero attached hydrogens (tertiary/aromatic N) is 5. The topological polar surface area (TPSA) is 108 Å². The van der Waals surface area contributed by atoms with Gasteiger partial charge in [0.15, 0.2) is 0 Å². The van der Waals surface area contributed by atoms with Crippen LogP contribution < -0.4 is 14.5 Å². The van der Waals surface area contributed by atoms with E-state index in [2.05, 4.69) is 20.3 Å². The number of hydrogen-bond acceptors (Lipinski definition) is 7. The monoisotopic (exact) mass is 466 g/mol. The van der Waals surface area contributed by atoms with E-state index in [1.807, 2.05) is 36.4 Å². The van der Waals surface area contributed by atoms with E-state index in [1.54, 1.807) is 23.4 Å². The molecule has 1 aromatic carbocycles. The van der Waals surface area contributed by atoms with Gasteiger partial charge in [0.2, 0.25) is 21.9 Å². The van der Waals surface area contributed by atoms with Crippen LogP contribution in [-0.4, -0.2) is 49.1 Å². The van der Waals surface area contributed by atoms with Gasteiger partial charge in [0.05, 0.1) is 6.26 Å². The van der Waals surface area contributed by atoms with Crippen LogP contribution in [0.15, 0.2) is 54.9 Å². The number of sulfonamides is 1. The highest BCUT2D eigenvalue weighted by Crippen LogP contribution is 2.24. The Bertz CT molecular complexity index is 1250. The number of nitrogens with one attached hydrogen (secondary N) is 1. The zero-order chi connectivity index (χ0) is 23.4. The molecule has 10 heteroatoms. The van der Waals surface area contributed by atoms with Crippen LogP contribution in [0.5, 0.6) is 0 Å². The van der Waals surface area contributed by atoms with Crippen molar-refractivity contribution in [3.8, 4) is 0 Å². The summed E-state index contributed by atoms with van der Waals surface area (Å²) in [6.07, 6.45) is 7.11. The van der Waals surface area contributed by atoms with Crippen LogP contribution in [0.1, 0.15) is 24.1 Å². The van der Waals surface area contributed by atoms with E-state index < -0.39 is 10.0 Å². The quantitative estimate of drug-likeness (QED) is 0.544. The zero-order valence-corrected chi connectivity index (χ0v) is 19.4. The third-order valence-corrected chi connectivity index (χ3v) is 6.70. The van der Waals surface area contributed by atoms with Crippen LogP contribution >= 0.6 is 0 Å². The molecular weight excluding hydrogens is 440 g/mol. The first kappa shape index (κ1) is 22.7. The van der Waals surface area contributed by atoms with E-state index in [4.69, 9.17) is 0 Å². The second-order valence-electron chi connectivity index (χ2n) is 7.91. The van der Waals surface area contributed by atoms with Crippen molar-refractivity contribution in [1.82, 2.24) is 15.0 Å². The van der Waals surface area contributed by atoms with Gasteiger partial charge in [-0.05, 0) is 61.2 Å². The lowest BCUT2D eigenvalue weighted by Gasteiger charge is -2.18. The molecule has 1 amide bonds. The summed E-state index contributed by atoms with van der Waals surface area (Å²) >= 11 is 0. The Morgan fingerprint density at radius 2 is 1.85 bits per heavy atom. The lowest BCUT2D eigenvalue weighted by atomic mass is 10.1.